The minimum atomic E-state index is -4.59. The van der Waals surface area contributed by atoms with E-state index in [2.05, 4.69) is 15.3 Å². The maximum absolute atomic E-state index is 13.6. The van der Waals surface area contributed by atoms with Crippen LogP contribution in [0.4, 0.5) is 22.0 Å². The van der Waals surface area contributed by atoms with Gasteiger partial charge in [-0.2, -0.15) is 18.4 Å². The number of alkyl halides is 5. The molecule has 0 aliphatic carbocycles. The van der Waals surface area contributed by atoms with Gasteiger partial charge in [-0.15, -0.1) is 0 Å². The Morgan fingerprint density at radius 2 is 2.13 bits per heavy atom. The third-order valence-corrected chi connectivity index (χ3v) is 5.84. The summed E-state index contributed by atoms with van der Waals surface area (Å²) in [4.78, 5) is 22.7. The predicted molar refractivity (Wildman–Crippen MR) is 92.0 cm³/mol. The van der Waals surface area contributed by atoms with Gasteiger partial charge in [0.2, 0.25) is 11.7 Å². The molecule has 1 amide bonds. The molecule has 1 N–H and O–H groups in total. The van der Waals surface area contributed by atoms with Gasteiger partial charge < -0.3 is 10.2 Å². The number of rotatable bonds is 2. The molecule has 0 saturated carbocycles. The van der Waals surface area contributed by atoms with Gasteiger partial charge in [-0.3, -0.25) is 9.69 Å². The first-order valence-electron chi connectivity index (χ1n) is 9.55. The van der Waals surface area contributed by atoms with Crippen LogP contribution < -0.4 is 5.32 Å². The van der Waals surface area contributed by atoms with Crippen molar-refractivity contribution in [2.75, 3.05) is 19.6 Å². The summed E-state index contributed by atoms with van der Waals surface area (Å²) >= 11 is 0. The Morgan fingerprint density at radius 1 is 1.37 bits per heavy atom. The summed E-state index contributed by atoms with van der Waals surface area (Å²) in [5.74, 6) is -4.74. The molecule has 3 atom stereocenters. The van der Waals surface area contributed by atoms with Crippen LogP contribution in [0.1, 0.15) is 29.9 Å². The van der Waals surface area contributed by atoms with E-state index in [1.54, 1.807) is 6.07 Å². The first-order valence-corrected chi connectivity index (χ1v) is 9.55. The highest BCUT2D eigenvalue weighted by Gasteiger charge is 2.49. The Hall–Kier alpha value is -2.39. The number of hydrogen-bond acceptors (Lipinski definition) is 6. The van der Waals surface area contributed by atoms with Gasteiger partial charge in [-0.1, -0.05) is 0 Å². The molecule has 1 aromatic rings. The lowest BCUT2D eigenvalue weighted by Crippen LogP contribution is -2.46. The maximum atomic E-state index is 13.6. The van der Waals surface area contributed by atoms with Gasteiger partial charge in [-0.05, 0) is 6.42 Å². The quantitative estimate of drug-likeness (QED) is 0.713. The Kier molecular flexibility index (Phi) is 5.14. The van der Waals surface area contributed by atoms with Crippen molar-refractivity contribution in [2.24, 2.45) is 0 Å². The topological polar surface area (TPSA) is 85.2 Å². The van der Waals surface area contributed by atoms with E-state index in [1.807, 2.05) is 4.90 Å². The molecule has 30 heavy (non-hydrogen) atoms. The van der Waals surface area contributed by atoms with Gasteiger partial charge in [0, 0.05) is 50.3 Å². The number of halogens is 5. The molecule has 2 saturated heterocycles. The zero-order valence-electron chi connectivity index (χ0n) is 15.8. The zero-order valence-corrected chi connectivity index (χ0v) is 15.8. The molecule has 3 aliphatic rings. The van der Waals surface area contributed by atoms with E-state index >= 15 is 0 Å². The number of fused-ring (bicyclic) bond motifs is 1. The van der Waals surface area contributed by atoms with E-state index in [4.69, 9.17) is 5.26 Å². The van der Waals surface area contributed by atoms with E-state index in [1.165, 1.54) is 6.20 Å². The van der Waals surface area contributed by atoms with Crippen LogP contribution in [0.15, 0.2) is 6.20 Å². The van der Waals surface area contributed by atoms with Crippen LogP contribution in [0.25, 0.3) is 0 Å². The molecule has 0 aromatic carbocycles. The SMILES string of the molecule is N#CC1CC(F)(F)CN1C(=O)[C@@H]1C[C@H](N2CCc3nc(C(F)(F)F)ncc3C2)CN1. The molecule has 12 heteroatoms. The normalized spacial score (nSPS) is 28.9. The zero-order chi connectivity index (χ0) is 21.7. The fourth-order valence-electron chi connectivity index (χ4n) is 4.33. The average molecular weight is 430 g/mol. The largest absolute Gasteiger partial charge is 0.451 e. The molecule has 2 fully saturated rings. The predicted octanol–water partition coefficient (Wildman–Crippen LogP) is 1.34. The third-order valence-electron chi connectivity index (χ3n) is 5.84. The van der Waals surface area contributed by atoms with Crippen molar-refractivity contribution in [1.29, 1.82) is 5.26 Å². The van der Waals surface area contributed by atoms with Crippen molar-refractivity contribution >= 4 is 5.91 Å². The number of carbonyl (C=O) groups is 1. The van der Waals surface area contributed by atoms with Gasteiger partial charge in [0.1, 0.15) is 6.04 Å². The van der Waals surface area contributed by atoms with Crippen molar-refractivity contribution in [2.45, 2.75) is 56.0 Å². The lowest BCUT2D eigenvalue weighted by molar-refractivity contribution is -0.145. The second kappa shape index (κ2) is 7.39. The molecule has 7 nitrogen and oxygen atoms in total. The van der Waals surface area contributed by atoms with Crippen LogP contribution in [-0.4, -0.2) is 69.4 Å². The second-order valence-electron chi connectivity index (χ2n) is 7.91. The van der Waals surface area contributed by atoms with E-state index in [0.717, 1.165) is 4.90 Å². The number of nitrogens with zero attached hydrogens (tertiary/aromatic N) is 5. The van der Waals surface area contributed by atoms with Crippen molar-refractivity contribution < 1.29 is 26.7 Å². The molecule has 0 spiro atoms. The summed E-state index contributed by atoms with van der Waals surface area (Å²) in [7, 11) is 0. The van der Waals surface area contributed by atoms with Crippen LogP contribution in [0.3, 0.4) is 0 Å². The maximum Gasteiger partial charge on any atom is 0.451 e. The number of aromatic nitrogens is 2. The summed E-state index contributed by atoms with van der Waals surface area (Å²) in [6.07, 6.45) is -3.37. The standard InChI is InChI=1S/C18H19F5N6O/c19-17(20)4-12(5-24)29(9-17)15(30)14-3-11(7-25-14)28-2-1-13-10(8-28)6-26-16(27-13)18(21,22)23/h6,11-12,14,25H,1-4,7-9H2/t11-,12?,14-/m0/s1. The lowest BCUT2D eigenvalue weighted by Gasteiger charge is -2.32. The van der Waals surface area contributed by atoms with Crippen molar-refractivity contribution in [3.05, 3.63) is 23.3 Å². The van der Waals surface area contributed by atoms with Crippen LogP contribution >= 0.6 is 0 Å². The number of amides is 1. The summed E-state index contributed by atoms with van der Waals surface area (Å²) < 4.78 is 65.6. The highest BCUT2D eigenvalue weighted by atomic mass is 19.4. The molecule has 1 aromatic heterocycles. The van der Waals surface area contributed by atoms with Crippen LogP contribution in [0, 0.1) is 11.3 Å². The molecule has 1 unspecified atom stereocenters. The molecule has 162 valence electrons. The highest BCUT2D eigenvalue weighted by molar-refractivity contribution is 5.83. The summed E-state index contributed by atoms with van der Waals surface area (Å²) in [6.45, 7) is 0.498. The molecule has 4 rings (SSSR count). The van der Waals surface area contributed by atoms with Crippen LogP contribution in [0.5, 0.6) is 0 Å². The second-order valence-corrected chi connectivity index (χ2v) is 7.91. The molecule has 4 heterocycles. The Bertz CT molecular complexity index is 885. The van der Waals surface area contributed by atoms with Gasteiger partial charge in [0.15, 0.2) is 0 Å². The fourth-order valence-corrected chi connectivity index (χ4v) is 4.33. The van der Waals surface area contributed by atoms with Gasteiger partial charge in [0.25, 0.3) is 5.92 Å². The number of nitrogens with one attached hydrogen (secondary N) is 1. The van der Waals surface area contributed by atoms with Gasteiger partial charge in [0.05, 0.1) is 24.3 Å². The van der Waals surface area contributed by atoms with E-state index in [9.17, 15) is 26.7 Å². The van der Waals surface area contributed by atoms with E-state index in [-0.39, 0.29) is 6.04 Å². The Labute approximate surface area is 168 Å². The van der Waals surface area contributed by atoms with E-state index in [0.29, 0.717) is 43.7 Å². The third kappa shape index (κ3) is 3.96. The highest BCUT2D eigenvalue weighted by Crippen LogP contribution is 2.33. The Balaban J connectivity index is 1.40. The van der Waals surface area contributed by atoms with Crippen molar-refractivity contribution in [3.63, 3.8) is 0 Å². The number of carbonyl (C=O) groups excluding carboxylic acids is 1. The summed E-state index contributed by atoms with van der Waals surface area (Å²) in [5.41, 5.74) is 0.969. The molecular weight excluding hydrogens is 411 g/mol. The van der Waals surface area contributed by atoms with E-state index < -0.39 is 48.9 Å². The first-order chi connectivity index (χ1) is 14.1. The molecular formula is C18H19F5N6O. The molecule has 3 aliphatic heterocycles. The lowest BCUT2D eigenvalue weighted by atomic mass is 10.0. The summed E-state index contributed by atoms with van der Waals surface area (Å²) in [6, 6.07) is -0.137. The minimum absolute atomic E-state index is 0.0851. The monoisotopic (exact) mass is 430 g/mol. The van der Waals surface area contributed by atoms with Crippen molar-refractivity contribution in [1.82, 2.24) is 25.1 Å². The number of hydrogen-bond donors (Lipinski definition) is 1. The number of nitriles is 1. The molecule has 0 bridgehead atoms. The summed E-state index contributed by atoms with van der Waals surface area (Å²) in [5, 5.41) is 12.1. The fraction of sp³-hybridized carbons (Fsp3) is 0.667. The van der Waals surface area contributed by atoms with Gasteiger partial charge in [-0.25, -0.2) is 18.7 Å². The van der Waals surface area contributed by atoms with Crippen LogP contribution in [0.2, 0.25) is 0 Å². The first kappa shape index (κ1) is 20.9. The van der Waals surface area contributed by atoms with Crippen LogP contribution in [-0.2, 0) is 23.9 Å². The molecule has 0 radical (unpaired) electrons. The minimum Gasteiger partial charge on any atom is -0.319 e. The Morgan fingerprint density at radius 3 is 2.83 bits per heavy atom. The smallest absolute Gasteiger partial charge is 0.319 e. The number of likely N-dealkylation sites (tertiary alicyclic amines) is 1. The van der Waals surface area contributed by atoms with Crippen molar-refractivity contribution in [3.8, 4) is 6.07 Å². The average Bonchev–Trinajstić information content (AvgIpc) is 3.30. The van der Waals surface area contributed by atoms with Gasteiger partial charge >= 0.3 is 6.18 Å².